The lowest BCUT2D eigenvalue weighted by Crippen LogP contribution is -1.83. The maximum Gasteiger partial charge on any atom is -0.00266 e. The minimum atomic E-state index is 1.30. The van der Waals surface area contributed by atoms with Crippen LogP contribution in [0.2, 0.25) is 0 Å². The molecule has 23 heavy (non-hydrogen) atoms. The van der Waals surface area contributed by atoms with Crippen LogP contribution in [0.25, 0.3) is 43.1 Å². The summed E-state index contributed by atoms with van der Waals surface area (Å²) in [5, 5.41) is 10.6. The lowest BCUT2D eigenvalue weighted by Gasteiger charge is -2.10. The van der Waals surface area contributed by atoms with Gasteiger partial charge in [0.2, 0.25) is 0 Å². The summed E-state index contributed by atoms with van der Waals surface area (Å²) in [6.45, 7) is 2.15. The van der Waals surface area contributed by atoms with Crippen LogP contribution in [0.15, 0.2) is 78.9 Å². The van der Waals surface area contributed by atoms with Gasteiger partial charge in [0.25, 0.3) is 0 Å². The third kappa shape index (κ3) is 1.78. The predicted molar refractivity (Wildman–Crippen MR) is 101 cm³/mol. The average Bonchev–Trinajstić information content (AvgIpc) is 2.60. The molecule has 5 aromatic carbocycles. The number of fused-ring (bicyclic) bond motifs is 7. The zero-order chi connectivity index (χ0) is 15.4. The number of benzene rings is 5. The van der Waals surface area contributed by atoms with Gasteiger partial charge in [-0.25, -0.2) is 0 Å². The molecule has 0 heterocycles. The maximum atomic E-state index is 2.28. The van der Waals surface area contributed by atoms with Crippen LogP contribution in [-0.2, 0) is 0 Å². The van der Waals surface area contributed by atoms with Crippen molar-refractivity contribution in [3.63, 3.8) is 0 Å². The van der Waals surface area contributed by atoms with E-state index >= 15 is 0 Å². The van der Waals surface area contributed by atoms with E-state index in [1.54, 1.807) is 0 Å². The number of aryl methyl sites for hydroxylation is 1. The molecule has 0 atom stereocenters. The Morgan fingerprint density at radius 1 is 0.478 bits per heavy atom. The molecular weight excluding hydrogens is 276 g/mol. The molecule has 5 aromatic rings. The van der Waals surface area contributed by atoms with Gasteiger partial charge >= 0.3 is 0 Å². The summed E-state index contributed by atoms with van der Waals surface area (Å²) >= 11 is 0. The van der Waals surface area contributed by atoms with Gasteiger partial charge in [-0.05, 0) is 50.0 Å². The Morgan fingerprint density at radius 2 is 1.17 bits per heavy atom. The van der Waals surface area contributed by atoms with Gasteiger partial charge < -0.3 is 0 Å². The van der Waals surface area contributed by atoms with E-state index < -0.39 is 0 Å². The van der Waals surface area contributed by atoms with Crippen molar-refractivity contribution in [1.29, 1.82) is 0 Å². The van der Waals surface area contributed by atoms with E-state index in [1.165, 1.54) is 48.7 Å². The van der Waals surface area contributed by atoms with Crippen LogP contribution >= 0.6 is 0 Å². The van der Waals surface area contributed by atoms with E-state index in [0.29, 0.717) is 0 Å². The largest absolute Gasteiger partial charge is 0.0616 e. The van der Waals surface area contributed by atoms with Crippen LogP contribution in [0, 0.1) is 6.92 Å². The van der Waals surface area contributed by atoms with Crippen LogP contribution in [0.1, 0.15) is 5.56 Å². The van der Waals surface area contributed by atoms with E-state index in [-0.39, 0.29) is 0 Å². The number of hydrogen-bond acceptors (Lipinski definition) is 0. The molecule has 108 valence electrons. The Balaban J connectivity index is 2.07. The molecule has 0 N–H and O–H groups in total. The Hall–Kier alpha value is -2.86. The van der Waals surface area contributed by atoms with Crippen LogP contribution in [-0.4, -0.2) is 0 Å². The molecule has 0 bridgehead atoms. The van der Waals surface area contributed by atoms with Crippen molar-refractivity contribution in [2.45, 2.75) is 6.92 Å². The Morgan fingerprint density at radius 3 is 2.13 bits per heavy atom. The molecule has 0 unspecified atom stereocenters. The van der Waals surface area contributed by atoms with E-state index in [0.717, 1.165) is 0 Å². The first kappa shape index (κ1) is 12.7. The lowest BCUT2D eigenvalue weighted by atomic mass is 9.93. The first-order valence-electron chi connectivity index (χ1n) is 8.05. The van der Waals surface area contributed by atoms with E-state index in [2.05, 4.69) is 85.8 Å². The highest BCUT2D eigenvalue weighted by molar-refractivity contribution is 6.24. The maximum absolute atomic E-state index is 2.28. The molecule has 0 heteroatoms. The summed E-state index contributed by atoms with van der Waals surface area (Å²) in [4.78, 5) is 0. The van der Waals surface area contributed by atoms with E-state index in [4.69, 9.17) is 0 Å². The van der Waals surface area contributed by atoms with Crippen LogP contribution in [0.3, 0.4) is 0 Å². The van der Waals surface area contributed by atoms with Crippen molar-refractivity contribution < 1.29 is 0 Å². The summed E-state index contributed by atoms with van der Waals surface area (Å²) in [5.74, 6) is 0. The van der Waals surface area contributed by atoms with Crippen molar-refractivity contribution >= 4 is 43.1 Å². The van der Waals surface area contributed by atoms with Crippen LogP contribution < -0.4 is 0 Å². The Kier molecular flexibility index (Phi) is 2.51. The fraction of sp³-hybridized carbons (Fsp3) is 0.0435. The second-order valence-corrected chi connectivity index (χ2v) is 6.34. The Labute approximate surface area is 135 Å². The molecule has 5 rings (SSSR count). The molecular formula is C23H16. The first-order valence-corrected chi connectivity index (χ1v) is 8.05. The van der Waals surface area contributed by atoms with Crippen molar-refractivity contribution in [1.82, 2.24) is 0 Å². The summed E-state index contributed by atoms with van der Waals surface area (Å²) < 4.78 is 0. The standard InChI is InChI=1S/C23H16/c1-15-6-11-19-18(14-15)10-13-22-21(19)12-9-17-8-7-16-4-2-3-5-20(16)23(17)22/h2-14H,1H3. The third-order valence-corrected chi connectivity index (χ3v) is 4.88. The SMILES string of the molecule is Cc1ccc2c(ccc3c2ccc2ccc4ccccc4c23)c1. The zero-order valence-corrected chi connectivity index (χ0v) is 13.0. The molecule has 0 amide bonds. The van der Waals surface area contributed by atoms with Crippen molar-refractivity contribution in [3.8, 4) is 0 Å². The molecule has 0 radical (unpaired) electrons. The summed E-state index contributed by atoms with van der Waals surface area (Å²) in [6.07, 6.45) is 0. The van der Waals surface area contributed by atoms with Gasteiger partial charge in [0, 0.05) is 0 Å². The fourth-order valence-corrected chi connectivity index (χ4v) is 3.77. The van der Waals surface area contributed by atoms with Gasteiger partial charge in [-0.15, -0.1) is 0 Å². The average molecular weight is 292 g/mol. The fourth-order valence-electron chi connectivity index (χ4n) is 3.77. The van der Waals surface area contributed by atoms with Gasteiger partial charge in [-0.3, -0.25) is 0 Å². The van der Waals surface area contributed by atoms with E-state index in [1.807, 2.05) is 0 Å². The summed E-state index contributed by atoms with van der Waals surface area (Å²) in [7, 11) is 0. The van der Waals surface area contributed by atoms with Crippen LogP contribution in [0.5, 0.6) is 0 Å². The highest BCUT2D eigenvalue weighted by atomic mass is 14.1. The Bertz CT molecular complexity index is 1210. The quantitative estimate of drug-likeness (QED) is 0.282. The molecule has 0 nitrogen and oxygen atoms in total. The van der Waals surface area contributed by atoms with E-state index in [9.17, 15) is 0 Å². The molecule has 0 aliphatic carbocycles. The topological polar surface area (TPSA) is 0 Å². The molecule has 0 fully saturated rings. The van der Waals surface area contributed by atoms with Crippen molar-refractivity contribution in [2.75, 3.05) is 0 Å². The van der Waals surface area contributed by atoms with Crippen LogP contribution in [0.4, 0.5) is 0 Å². The smallest absolute Gasteiger partial charge is 0.00266 e. The molecule has 0 aromatic heterocycles. The first-order chi connectivity index (χ1) is 11.3. The highest BCUT2D eigenvalue weighted by Crippen LogP contribution is 2.35. The minimum Gasteiger partial charge on any atom is -0.0616 e. The third-order valence-electron chi connectivity index (χ3n) is 4.88. The lowest BCUT2D eigenvalue weighted by molar-refractivity contribution is 1.51. The predicted octanol–water partition coefficient (Wildman–Crippen LogP) is 6.61. The van der Waals surface area contributed by atoms with Crippen molar-refractivity contribution in [2.24, 2.45) is 0 Å². The molecule has 0 saturated heterocycles. The number of hydrogen-bond donors (Lipinski definition) is 0. The van der Waals surface area contributed by atoms with Gasteiger partial charge in [0.15, 0.2) is 0 Å². The monoisotopic (exact) mass is 292 g/mol. The highest BCUT2D eigenvalue weighted by Gasteiger charge is 2.07. The van der Waals surface area contributed by atoms with Gasteiger partial charge in [0.1, 0.15) is 0 Å². The summed E-state index contributed by atoms with van der Waals surface area (Å²) in [5.41, 5.74) is 1.31. The molecule has 0 aliphatic heterocycles. The number of rotatable bonds is 0. The normalized spacial score (nSPS) is 11.7. The van der Waals surface area contributed by atoms with Gasteiger partial charge in [-0.2, -0.15) is 0 Å². The second-order valence-electron chi connectivity index (χ2n) is 6.34. The molecule has 0 spiro atoms. The zero-order valence-electron chi connectivity index (χ0n) is 13.0. The van der Waals surface area contributed by atoms with Gasteiger partial charge in [0.05, 0.1) is 0 Å². The molecule has 0 aliphatic rings. The van der Waals surface area contributed by atoms with Crippen molar-refractivity contribution in [3.05, 3.63) is 84.4 Å². The molecule has 0 saturated carbocycles. The minimum absolute atomic E-state index is 1.30. The second kappa shape index (κ2) is 4.57. The van der Waals surface area contributed by atoms with Gasteiger partial charge in [-0.1, -0.05) is 84.4 Å². The summed E-state index contributed by atoms with van der Waals surface area (Å²) in [6, 6.07) is 28.9.